The third-order valence-electron chi connectivity index (χ3n) is 7.55. The number of nitrogens with zero attached hydrogens (tertiary/aromatic N) is 3. The number of hydrogen-bond donors (Lipinski definition) is 0. The summed E-state index contributed by atoms with van der Waals surface area (Å²) in [5.41, 5.74) is 5.29. The lowest BCUT2D eigenvalue weighted by molar-refractivity contribution is 1.07. The lowest BCUT2D eigenvalue weighted by Crippen LogP contribution is -2.00. The van der Waals surface area contributed by atoms with Gasteiger partial charge in [0.2, 0.25) is 0 Å². The van der Waals surface area contributed by atoms with E-state index in [9.17, 15) is 0 Å². The minimum absolute atomic E-state index is 0.662. The van der Waals surface area contributed by atoms with Crippen molar-refractivity contribution in [2.45, 2.75) is 0 Å². The Labute approximate surface area is 241 Å². The highest BCUT2D eigenvalue weighted by Gasteiger charge is 2.14. The molecule has 0 radical (unpaired) electrons. The van der Waals surface area contributed by atoms with Gasteiger partial charge in [-0.15, -0.1) is 11.3 Å². The third-order valence-corrected chi connectivity index (χ3v) is 8.68. The van der Waals surface area contributed by atoms with Gasteiger partial charge in [-0.3, -0.25) is 0 Å². The minimum Gasteiger partial charge on any atom is -0.208 e. The number of fused-ring (bicyclic) bond motifs is 4. The fourth-order valence-electron chi connectivity index (χ4n) is 5.49. The molecule has 0 amide bonds. The first-order valence-corrected chi connectivity index (χ1v) is 14.4. The maximum absolute atomic E-state index is 4.99. The quantitative estimate of drug-likeness (QED) is 0.222. The molecule has 0 bridgehead atoms. The van der Waals surface area contributed by atoms with Gasteiger partial charge in [0.15, 0.2) is 17.5 Å². The van der Waals surface area contributed by atoms with Crippen molar-refractivity contribution >= 4 is 42.3 Å². The fraction of sp³-hybridized carbons (Fsp3) is 0. The van der Waals surface area contributed by atoms with Crippen molar-refractivity contribution in [1.29, 1.82) is 0 Å². The Morgan fingerprint density at radius 2 is 0.927 bits per heavy atom. The Bertz CT molecular complexity index is 2190. The van der Waals surface area contributed by atoms with E-state index in [1.165, 1.54) is 42.1 Å². The van der Waals surface area contributed by atoms with Gasteiger partial charge in [-0.25, -0.2) is 15.0 Å². The fourth-order valence-corrected chi connectivity index (χ4v) is 6.64. The van der Waals surface area contributed by atoms with Gasteiger partial charge in [0.05, 0.1) is 0 Å². The molecule has 192 valence electrons. The molecule has 0 saturated carbocycles. The zero-order valence-electron chi connectivity index (χ0n) is 22.0. The van der Waals surface area contributed by atoms with Crippen LogP contribution in [0.4, 0.5) is 0 Å². The van der Waals surface area contributed by atoms with Gasteiger partial charge in [0.25, 0.3) is 0 Å². The molecule has 2 heterocycles. The van der Waals surface area contributed by atoms with Crippen LogP contribution in [0.25, 0.3) is 76.2 Å². The molecule has 8 aromatic rings. The summed E-state index contributed by atoms with van der Waals surface area (Å²) in [4.78, 5) is 14.9. The molecule has 4 heteroatoms. The highest BCUT2D eigenvalue weighted by Crippen LogP contribution is 2.36. The molecule has 2 aromatic heterocycles. The third kappa shape index (κ3) is 4.26. The van der Waals surface area contributed by atoms with Crippen molar-refractivity contribution in [1.82, 2.24) is 15.0 Å². The molecule has 0 aliphatic heterocycles. The summed E-state index contributed by atoms with van der Waals surface area (Å²) in [6.45, 7) is 0. The average Bonchev–Trinajstić information content (AvgIpc) is 3.43. The van der Waals surface area contributed by atoms with E-state index in [4.69, 9.17) is 15.0 Å². The number of aromatic nitrogens is 3. The number of benzene rings is 6. The van der Waals surface area contributed by atoms with Crippen LogP contribution in [0.1, 0.15) is 0 Å². The second kappa shape index (κ2) is 9.77. The van der Waals surface area contributed by atoms with E-state index in [2.05, 4.69) is 109 Å². The molecule has 0 saturated heterocycles. The molecule has 0 aliphatic carbocycles. The van der Waals surface area contributed by atoms with E-state index >= 15 is 0 Å². The van der Waals surface area contributed by atoms with E-state index in [0.29, 0.717) is 17.5 Å². The Balaban J connectivity index is 1.25. The molecule has 3 nitrogen and oxygen atoms in total. The molecule has 0 aliphatic rings. The largest absolute Gasteiger partial charge is 0.208 e. The van der Waals surface area contributed by atoms with Crippen LogP contribution in [-0.2, 0) is 0 Å². The van der Waals surface area contributed by atoms with Gasteiger partial charge in [0, 0.05) is 36.9 Å². The van der Waals surface area contributed by atoms with Crippen molar-refractivity contribution in [3.05, 3.63) is 140 Å². The summed E-state index contributed by atoms with van der Waals surface area (Å²) in [5.74, 6) is 2.00. The van der Waals surface area contributed by atoms with Gasteiger partial charge < -0.3 is 0 Å². The highest BCUT2D eigenvalue weighted by atomic mass is 32.1. The normalized spacial score (nSPS) is 11.4. The minimum atomic E-state index is 0.662. The molecule has 0 spiro atoms. The van der Waals surface area contributed by atoms with E-state index in [-0.39, 0.29) is 0 Å². The maximum Gasteiger partial charge on any atom is 0.164 e. The molecule has 0 N–H and O–H groups in total. The molecule has 0 atom stereocenters. The molecular weight excluding hydrogens is 518 g/mol. The van der Waals surface area contributed by atoms with Crippen LogP contribution in [0.5, 0.6) is 0 Å². The van der Waals surface area contributed by atoms with Gasteiger partial charge in [0.1, 0.15) is 0 Å². The van der Waals surface area contributed by atoms with Gasteiger partial charge in [-0.05, 0) is 34.0 Å². The van der Waals surface area contributed by atoms with Crippen molar-refractivity contribution < 1.29 is 0 Å². The van der Waals surface area contributed by atoms with Crippen LogP contribution in [0.2, 0.25) is 0 Å². The van der Waals surface area contributed by atoms with E-state index in [1.54, 1.807) is 11.3 Å². The van der Waals surface area contributed by atoms with Gasteiger partial charge >= 0.3 is 0 Å². The molecule has 0 fully saturated rings. The van der Waals surface area contributed by atoms with Crippen molar-refractivity contribution in [2.75, 3.05) is 0 Å². The van der Waals surface area contributed by atoms with Crippen molar-refractivity contribution in [3.63, 3.8) is 0 Å². The van der Waals surface area contributed by atoms with Crippen LogP contribution < -0.4 is 0 Å². The van der Waals surface area contributed by atoms with Gasteiger partial charge in [-0.1, -0.05) is 127 Å². The second-order valence-electron chi connectivity index (χ2n) is 10.1. The summed E-state index contributed by atoms with van der Waals surface area (Å²) < 4.78 is 2.51. The smallest absolute Gasteiger partial charge is 0.164 e. The van der Waals surface area contributed by atoms with Crippen LogP contribution in [-0.4, -0.2) is 15.0 Å². The average molecular weight is 542 g/mol. The van der Waals surface area contributed by atoms with Gasteiger partial charge in [-0.2, -0.15) is 0 Å². The maximum atomic E-state index is 4.99. The Morgan fingerprint density at radius 1 is 0.366 bits per heavy atom. The van der Waals surface area contributed by atoms with Crippen molar-refractivity contribution in [2.24, 2.45) is 0 Å². The first-order chi connectivity index (χ1) is 20.3. The SMILES string of the molecule is c1ccc(-c2nc(-c3ccc(-c4cccc5ccccc45)cc3)nc(-c3ccc4c(c3)sc3ccccc34)n2)cc1. The van der Waals surface area contributed by atoms with E-state index in [1.807, 2.05) is 30.3 Å². The Hall–Kier alpha value is -5.19. The summed E-state index contributed by atoms with van der Waals surface area (Å²) in [5, 5.41) is 5.02. The molecule has 6 aromatic carbocycles. The molecule has 41 heavy (non-hydrogen) atoms. The standard InChI is InChI=1S/C37H23N3S/c1-2-10-26(11-3-1)35-38-36(27-19-17-25(18-20-27)30-15-8-12-24-9-4-5-13-29(24)30)40-37(39-35)28-21-22-32-31-14-6-7-16-33(31)41-34(32)23-28/h1-23H. The van der Waals surface area contributed by atoms with Crippen molar-refractivity contribution in [3.8, 4) is 45.3 Å². The van der Waals surface area contributed by atoms with Crippen LogP contribution in [0, 0.1) is 0 Å². The van der Waals surface area contributed by atoms with E-state index < -0.39 is 0 Å². The summed E-state index contributed by atoms with van der Waals surface area (Å²) in [7, 11) is 0. The zero-order chi connectivity index (χ0) is 27.2. The topological polar surface area (TPSA) is 38.7 Å². The lowest BCUT2D eigenvalue weighted by atomic mass is 9.97. The second-order valence-corrected chi connectivity index (χ2v) is 11.2. The predicted molar refractivity (Wildman–Crippen MR) is 172 cm³/mol. The number of thiophene rings is 1. The molecular formula is C37H23N3S. The summed E-state index contributed by atoms with van der Waals surface area (Å²) in [6, 6.07) is 48.7. The lowest BCUT2D eigenvalue weighted by Gasteiger charge is -2.10. The monoisotopic (exact) mass is 541 g/mol. The first-order valence-electron chi connectivity index (χ1n) is 13.6. The van der Waals surface area contributed by atoms with Crippen LogP contribution in [0.3, 0.4) is 0 Å². The first kappa shape index (κ1) is 23.7. The summed E-state index contributed by atoms with van der Waals surface area (Å²) >= 11 is 1.80. The summed E-state index contributed by atoms with van der Waals surface area (Å²) in [6.07, 6.45) is 0. The van der Waals surface area contributed by atoms with E-state index in [0.717, 1.165) is 16.7 Å². The highest BCUT2D eigenvalue weighted by molar-refractivity contribution is 7.25. The van der Waals surface area contributed by atoms with Crippen LogP contribution >= 0.6 is 11.3 Å². The van der Waals surface area contributed by atoms with Crippen LogP contribution in [0.15, 0.2) is 140 Å². The molecule has 8 rings (SSSR count). The predicted octanol–water partition coefficient (Wildman–Crippen LogP) is 10.1. The Morgan fingerprint density at radius 3 is 1.73 bits per heavy atom. The molecule has 0 unspecified atom stereocenters. The Kier molecular flexibility index (Phi) is 5.64. The number of rotatable bonds is 4. The number of hydrogen-bond acceptors (Lipinski definition) is 4. The zero-order valence-corrected chi connectivity index (χ0v) is 22.8.